The molecule has 5 saturated carbocycles. The molecule has 4 amide bonds. The number of hydrogen-bond acceptors (Lipinski definition) is 17. The third-order valence-corrected chi connectivity index (χ3v) is 32.4. The largest absolute Gasteiger partial charge is 0.497 e. The van der Waals surface area contributed by atoms with E-state index in [4.69, 9.17) is 27.9 Å². The van der Waals surface area contributed by atoms with Crippen LogP contribution in [0.25, 0.3) is 0 Å². The van der Waals surface area contributed by atoms with Gasteiger partial charge in [-0.05, 0) is 281 Å². The number of methoxy groups -OCH3 is 1. The number of amides is 4. The fourth-order valence-corrected chi connectivity index (χ4v) is 24.1. The summed E-state index contributed by atoms with van der Waals surface area (Å²) in [5, 5.41) is 32.9. The summed E-state index contributed by atoms with van der Waals surface area (Å²) in [5.41, 5.74) is 11.5. The number of hydrogen-bond donors (Lipinski definition) is 6. The molecule has 0 radical (unpaired) electrons. The van der Waals surface area contributed by atoms with Crippen molar-refractivity contribution >= 4 is 52.3 Å². The molecule has 6 N–H and O–H groups in total. The first-order chi connectivity index (χ1) is 69.2. The van der Waals surface area contributed by atoms with Crippen molar-refractivity contribution in [1.82, 2.24) is 81.1 Å². The van der Waals surface area contributed by atoms with Crippen LogP contribution in [-0.4, -0.2) is 263 Å². The van der Waals surface area contributed by atoms with Crippen LogP contribution in [0.4, 0.5) is 44.2 Å². The van der Waals surface area contributed by atoms with Gasteiger partial charge in [0.05, 0.1) is 24.8 Å². The summed E-state index contributed by atoms with van der Waals surface area (Å²) in [4.78, 5) is 48.4. The molecule has 0 spiro atoms. The quantitative estimate of drug-likeness (QED) is 0.0172. The van der Waals surface area contributed by atoms with Crippen LogP contribution in [0, 0.1) is 24.6 Å². The van der Waals surface area contributed by atoms with E-state index in [1.54, 1.807) is 49.6 Å². The SMILES string of the molecule is CN(C)c1ccc(C(CNC(=O)Nc2cc(Cl)cc(Cl)c2)N2CCN(C3CCCCC3)CC2)cc1.CN(C)c1ccc(CCNCC(c2ccc(C(C)(C)C)cc2)N2CCN(C3CCCCC3)CC2)cc1.COc1ccc(CCNCC(c2ccc(C(F)(F)F)cc2)N2CCN(C3CCCCC3)CC2)cc1.Cc1nnnn1C1CCCC(NC(=O)N[C@@H]2CCCC[C@H]2CN2CCC[C@@H](Cc3ccc(F)cc3)C2)C1.[HH].[HH].[HH].[HH]. The molecule has 1 aromatic heterocycles. The Morgan fingerprint density at radius 1 is 0.483 bits per heavy atom. The van der Waals surface area contributed by atoms with Gasteiger partial charge < -0.3 is 51.3 Å². The molecule has 8 atom stereocenters. The number of urea groups is 2. The van der Waals surface area contributed by atoms with E-state index < -0.39 is 11.7 Å². The second-order valence-corrected chi connectivity index (χ2v) is 44.4. The van der Waals surface area contributed by atoms with Gasteiger partial charge in [-0.25, -0.2) is 18.7 Å². The minimum Gasteiger partial charge on any atom is -0.497 e. The fourth-order valence-electron chi connectivity index (χ4n) is 23.6. The highest BCUT2D eigenvalue weighted by Crippen LogP contribution is 2.38. The number of piperazine rings is 3. The van der Waals surface area contributed by atoms with Gasteiger partial charge in [0.2, 0.25) is 0 Å². The van der Waals surface area contributed by atoms with Gasteiger partial charge in [0, 0.05) is 215 Å². The lowest BCUT2D eigenvalue weighted by Gasteiger charge is -2.43. The molecule has 9 aliphatic rings. The van der Waals surface area contributed by atoms with Crippen molar-refractivity contribution in [1.29, 1.82) is 0 Å². The first-order valence-electron chi connectivity index (χ1n) is 54.3. The van der Waals surface area contributed by atoms with Crippen LogP contribution in [-0.2, 0) is 30.9 Å². The number of aryl methyl sites for hydroxylation is 1. The van der Waals surface area contributed by atoms with E-state index in [0.29, 0.717) is 52.7 Å². The second-order valence-electron chi connectivity index (χ2n) is 43.5. The number of tetrazole rings is 1. The third-order valence-electron chi connectivity index (χ3n) is 32.0. The molecule has 4 aliphatic heterocycles. The van der Waals surface area contributed by atoms with Crippen LogP contribution in [0.1, 0.15) is 261 Å². The zero-order valence-corrected chi connectivity index (χ0v) is 88.7. The number of carbonyl (C=O) groups excluding carboxylic acids is 2. The summed E-state index contributed by atoms with van der Waals surface area (Å²) in [6.45, 7) is 29.1. The molecule has 5 heterocycles. The molecule has 28 heteroatoms. The van der Waals surface area contributed by atoms with Crippen molar-refractivity contribution in [2.24, 2.45) is 11.8 Å². The molecule has 22 nitrogen and oxygen atoms in total. The van der Waals surface area contributed by atoms with E-state index in [2.05, 4.69) is 211 Å². The summed E-state index contributed by atoms with van der Waals surface area (Å²) >= 11 is 12.2. The van der Waals surface area contributed by atoms with E-state index in [-0.39, 0.29) is 59.2 Å². The molecule has 5 aliphatic carbocycles. The van der Waals surface area contributed by atoms with Crippen molar-refractivity contribution < 1.29 is 37.6 Å². The number of halogens is 6. The van der Waals surface area contributed by atoms with Crippen LogP contribution >= 0.6 is 23.2 Å². The topological polar surface area (TPSA) is 188 Å². The molecule has 9 fully saturated rings. The number of nitrogens with zero attached hydrogens (tertiary/aromatic N) is 13. The van der Waals surface area contributed by atoms with Crippen LogP contribution in [0.3, 0.4) is 0 Å². The Labute approximate surface area is 868 Å². The molecule has 17 rings (SSSR count). The van der Waals surface area contributed by atoms with Crippen LogP contribution < -0.4 is 46.4 Å². The Morgan fingerprint density at radius 2 is 0.930 bits per heavy atom. The maximum atomic E-state index is 13.3. The Bertz CT molecular complexity index is 5040. The van der Waals surface area contributed by atoms with Gasteiger partial charge in [0.15, 0.2) is 0 Å². The standard InChI is InChI=1S/C32H50N4.C28H38F3N3O.C28H42FN7O.C27H37Cl2N5O.4H2/c1-32(2,3)28-15-13-27(14-16-28)31(25-33-20-19-26-11-17-29(18-12-26)34(4)5)36-23-21-35(22-24-36)30-9-7-6-8-10-30;1-35-26-13-7-22(8-14-26)15-16-32-21-27(23-9-11-24(12-10-23)28(29,30)31)34-19-17-33(18-20-34)25-5-3-2-4-6-25;1-20-32-33-34-36(20)26-9-4-8-25(17-26)30-28(37)31-27-10-3-2-7-23(27)19-35-15-5-6-22(18-35)16-21-11-13-24(29)14-12-21;1-32(2)24-10-8-20(9-11-24)26(19-30-27(35)31-23-17-21(28)16-22(29)18-23)34-14-12-33(13-15-34)25-6-4-3-5-7-25;;;;/h11-18,30-31,33H,6-10,19-25H2,1-5H3;7-14,25,27,32H,2-6,15-21H2,1H3;11-14,22-23,25-27H,2-10,15-19H2,1H3,(H2,30,31,37);8-11,16-18,25-26H,3-7,12-15,19H2,1-2H3,(H2,30,31,35);4*1H/t;;22-,23-,25?,26?,27+;;;;;/m..0...../s1. The molecular formula is C115H175Cl2F4N19O3. The zero-order valence-electron chi connectivity index (χ0n) is 87.2. The van der Waals surface area contributed by atoms with Gasteiger partial charge >= 0.3 is 18.2 Å². The number of ether oxygens (including phenoxy) is 1. The molecule has 4 saturated heterocycles. The summed E-state index contributed by atoms with van der Waals surface area (Å²) in [7, 11) is 9.95. The number of rotatable bonds is 32. The number of benzene rings is 7. The van der Waals surface area contributed by atoms with E-state index in [1.807, 2.05) is 50.0 Å². The van der Waals surface area contributed by atoms with Gasteiger partial charge in [0.1, 0.15) is 17.4 Å². The summed E-state index contributed by atoms with van der Waals surface area (Å²) < 4.78 is 59.8. The maximum Gasteiger partial charge on any atom is 0.416 e. The van der Waals surface area contributed by atoms with Crippen molar-refractivity contribution in [2.75, 3.05) is 181 Å². The highest BCUT2D eigenvalue weighted by molar-refractivity contribution is 6.35. The molecule has 790 valence electrons. The monoisotopic (exact) mass is 2020 g/mol. The predicted octanol–water partition coefficient (Wildman–Crippen LogP) is 22.7. The second kappa shape index (κ2) is 55.5. The molecule has 5 unspecified atom stereocenters. The normalized spacial score (nSPS) is 21.8. The lowest BCUT2D eigenvalue weighted by Crippen LogP contribution is -2.53. The lowest BCUT2D eigenvalue weighted by molar-refractivity contribution is -0.137. The summed E-state index contributed by atoms with van der Waals surface area (Å²) in [6, 6.07) is 56.2. The third kappa shape index (κ3) is 34.3. The average molecular weight is 2020 g/mol. The Morgan fingerprint density at radius 3 is 1.40 bits per heavy atom. The van der Waals surface area contributed by atoms with Gasteiger partial charge in [-0.3, -0.25) is 29.4 Å². The van der Waals surface area contributed by atoms with Crippen molar-refractivity contribution in [3.63, 3.8) is 0 Å². The van der Waals surface area contributed by atoms with Crippen LogP contribution in [0.5, 0.6) is 5.75 Å². The number of aromatic nitrogens is 4. The molecular weight excluding hydrogens is 1840 g/mol. The number of alkyl halides is 3. The first-order valence-corrected chi connectivity index (χ1v) is 55.0. The highest BCUT2D eigenvalue weighted by atomic mass is 35.5. The predicted molar refractivity (Wildman–Crippen MR) is 585 cm³/mol. The van der Waals surface area contributed by atoms with Crippen molar-refractivity contribution in [3.05, 3.63) is 230 Å². The Hall–Kier alpha value is -8.51. The average Bonchev–Trinajstić information content (AvgIpc) is 1.56. The molecule has 8 aromatic rings. The minimum atomic E-state index is -4.31. The van der Waals surface area contributed by atoms with Gasteiger partial charge in [-0.15, -0.1) is 5.10 Å². The minimum absolute atomic E-state index is 0. The summed E-state index contributed by atoms with van der Waals surface area (Å²) in [5.74, 6) is 2.61. The van der Waals surface area contributed by atoms with E-state index in [9.17, 15) is 27.2 Å². The Balaban J connectivity index is 0.000000199. The molecule has 143 heavy (non-hydrogen) atoms. The van der Waals surface area contributed by atoms with Gasteiger partial charge in [-0.2, -0.15) is 13.2 Å². The lowest BCUT2D eigenvalue weighted by atomic mass is 9.83. The fraction of sp³-hybridized carbons (Fsp3) is 0.609. The zero-order chi connectivity index (χ0) is 101. The van der Waals surface area contributed by atoms with E-state index in [0.717, 1.165) is 178 Å². The number of nitrogens with one attached hydrogen (secondary N) is 6. The van der Waals surface area contributed by atoms with E-state index in [1.165, 1.54) is 206 Å². The Kier molecular flexibility index (Phi) is 42.8. The molecule has 0 bridgehead atoms. The summed E-state index contributed by atoms with van der Waals surface area (Å²) in [6.07, 6.45) is 30.3. The maximum absolute atomic E-state index is 13.3. The van der Waals surface area contributed by atoms with Gasteiger partial charge in [-0.1, -0.05) is 200 Å². The number of anilines is 3. The van der Waals surface area contributed by atoms with Crippen molar-refractivity contribution in [2.45, 2.75) is 273 Å². The van der Waals surface area contributed by atoms with Crippen LogP contribution in [0.15, 0.2) is 164 Å². The van der Waals surface area contributed by atoms with Gasteiger partial charge in [0.25, 0.3) is 0 Å². The first kappa shape index (κ1) is 110. The number of carbonyl (C=O) groups is 2. The molecule has 7 aromatic carbocycles. The van der Waals surface area contributed by atoms with Crippen LogP contribution in [0.2, 0.25) is 10.0 Å². The highest BCUT2D eigenvalue weighted by Gasteiger charge is 2.38. The van der Waals surface area contributed by atoms with E-state index >= 15 is 0 Å². The number of piperidine rings is 1. The number of likely N-dealkylation sites (tertiary alicyclic amines) is 1. The van der Waals surface area contributed by atoms with Crippen molar-refractivity contribution in [3.8, 4) is 5.75 Å². The smallest absolute Gasteiger partial charge is 0.416 e.